The third-order valence-electron chi connectivity index (χ3n) is 5.54. The molecule has 0 unspecified atom stereocenters. The van der Waals surface area contributed by atoms with Crippen LogP contribution in [0.5, 0.6) is 0 Å². The first kappa shape index (κ1) is 14.1. The summed E-state index contributed by atoms with van der Waals surface area (Å²) in [5, 5.41) is 1.27. The van der Waals surface area contributed by atoms with Gasteiger partial charge in [-0.2, -0.15) is 0 Å². The van der Waals surface area contributed by atoms with Gasteiger partial charge in [0, 0.05) is 48.4 Å². The number of pyridine rings is 1. The zero-order valence-electron chi connectivity index (χ0n) is 13.8. The number of hydrogen-bond donors (Lipinski definition) is 0. The zero-order chi connectivity index (χ0) is 16.1. The van der Waals surface area contributed by atoms with Gasteiger partial charge in [0.05, 0.1) is 11.2 Å². The van der Waals surface area contributed by atoms with Crippen molar-refractivity contribution in [3.8, 4) is 0 Å². The van der Waals surface area contributed by atoms with Gasteiger partial charge in [-0.1, -0.05) is 18.2 Å². The maximum absolute atomic E-state index is 4.70. The van der Waals surface area contributed by atoms with Crippen molar-refractivity contribution in [1.29, 1.82) is 0 Å². The van der Waals surface area contributed by atoms with Gasteiger partial charge in [-0.05, 0) is 37.5 Å². The fraction of sp³-hybridized carbons (Fsp3) is 0.350. The first-order valence-electron chi connectivity index (χ1n) is 8.70. The van der Waals surface area contributed by atoms with Gasteiger partial charge < -0.3 is 0 Å². The van der Waals surface area contributed by atoms with Crippen molar-refractivity contribution >= 4 is 10.9 Å². The average molecular weight is 316 g/mol. The van der Waals surface area contributed by atoms with Gasteiger partial charge in [-0.25, -0.2) is 9.97 Å². The topological polar surface area (TPSA) is 41.9 Å². The molecule has 2 aromatic heterocycles. The molecule has 1 aromatic carbocycles. The Morgan fingerprint density at radius 2 is 2.04 bits per heavy atom. The van der Waals surface area contributed by atoms with Gasteiger partial charge in [0.25, 0.3) is 0 Å². The molecular formula is C20H20N4. The summed E-state index contributed by atoms with van der Waals surface area (Å²) in [4.78, 5) is 16.3. The molecule has 3 aromatic rings. The Morgan fingerprint density at radius 1 is 1.12 bits per heavy atom. The minimum atomic E-state index is 0.464. The molecule has 4 nitrogen and oxygen atoms in total. The summed E-state index contributed by atoms with van der Waals surface area (Å²) in [5.74, 6) is 0.890. The molecule has 0 saturated carbocycles. The number of benzene rings is 1. The van der Waals surface area contributed by atoms with E-state index in [1.165, 1.54) is 35.0 Å². The maximum Gasteiger partial charge on any atom is 0.125 e. The molecule has 2 aliphatic heterocycles. The summed E-state index contributed by atoms with van der Waals surface area (Å²) in [7, 11) is 0. The zero-order valence-corrected chi connectivity index (χ0v) is 13.8. The second-order valence-corrected chi connectivity index (χ2v) is 6.93. The Balaban J connectivity index is 1.53. The van der Waals surface area contributed by atoms with Crippen LogP contribution in [-0.2, 0) is 13.0 Å². The number of rotatable bonds is 2. The highest BCUT2D eigenvalue weighted by atomic mass is 15.2. The quantitative estimate of drug-likeness (QED) is 0.724. The van der Waals surface area contributed by atoms with Crippen LogP contribution in [0.25, 0.3) is 10.9 Å². The van der Waals surface area contributed by atoms with E-state index in [9.17, 15) is 0 Å². The van der Waals surface area contributed by atoms with Crippen molar-refractivity contribution < 1.29 is 0 Å². The summed E-state index contributed by atoms with van der Waals surface area (Å²) in [6.07, 6.45) is 7.51. The molecule has 4 heterocycles. The Hall–Kier alpha value is -2.33. The molecule has 4 heteroatoms. The molecule has 0 amide bonds. The number of aryl methyl sites for hydroxylation is 1. The van der Waals surface area contributed by atoms with Gasteiger partial charge in [-0.15, -0.1) is 0 Å². The molecule has 0 N–H and O–H groups in total. The first-order valence-corrected chi connectivity index (χ1v) is 8.70. The van der Waals surface area contributed by atoms with Crippen LogP contribution in [0.3, 0.4) is 0 Å². The van der Waals surface area contributed by atoms with Crippen LogP contribution in [0.2, 0.25) is 0 Å². The van der Waals surface area contributed by atoms with E-state index in [1.54, 1.807) is 0 Å². The van der Waals surface area contributed by atoms with Crippen LogP contribution in [0, 0.1) is 6.92 Å². The Labute approximate surface area is 141 Å². The average Bonchev–Trinajstić information content (AvgIpc) is 2.88. The SMILES string of the molecule is Cc1ncc2c(n1)C[C@H]1CC[C@@H]2N1Cc1ccnc2ccccc12. The highest BCUT2D eigenvalue weighted by molar-refractivity contribution is 5.81. The standard InChI is InChI=1S/C20H20N4/c1-13-22-11-17-19(23-13)10-15-6-7-20(17)24(15)12-14-8-9-21-18-5-3-2-4-16(14)18/h2-5,8-9,11,15,20H,6-7,10,12H2,1H3/t15-,20+/m1/s1. The van der Waals surface area contributed by atoms with E-state index >= 15 is 0 Å². The lowest BCUT2D eigenvalue weighted by Crippen LogP contribution is -2.37. The maximum atomic E-state index is 4.70. The summed E-state index contributed by atoms with van der Waals surface area (Å²) < 4.78 is 0. The molecule has 24 heavy (non-hydrogen) atoms. The second-order valence-electron chi connectivity index (χ2n) is 6.93. The highest BCUT2D eigenvalue weighted by Gasteiger charge is 2.40. The number of fused-ring (bicyclic) bond motifs is 5. The largest absolute Gasteiger partial charge is 0.289 e. The minimum Gasteiger partial charge on any atom is -0.289 e. The van der Waals surface area contributed by atoms with Crippen LogP contribution in [0.15, 0.2) is 42.7 Å². The number of para-hydroxylation sites is 1. The van der Waals surface area contributed by atoms with Crippen molar-refractivity contribution in [1.82, 2.24) is 19.9 Å². The van der Waals surface area contributed by atoms with E-state index in [1.807, 2.05) is 13.1 Å². The molecule has 0 aliphatic carbocycles. The Kier molecular flexibility index (Phi) is 3.13. The van der Waals surface area contributed by atoms with E-state index in [0.717, 1.165) is 24.3 Å². The molecule has 2 bridgehead atoms. The van der Waals surface area contributed by atoms with Gasteiger partial charge >= 0.3 is 0 Å². The van der Waals surface area contributed by atoms with Crippen LogP contribution in [0.4, 0.5) is 0 Å². The monoisotopic (exact) mass is 316 g/mol. The Bertz CT molecular complexity index is 915. The molecule has 2 atom stereocenters. The van der Waals surface area contributed by atoms with Gasteiger partial charge in [-0.3, -0.25) is 9.88 Å². The molecule has 2 aliphatic rings. The van der Waals surface area contributed by atoms with Crippen LogP contribution < -0.4 is 0 Å². The lowest BCUT2D eigenvalue weighted by molar-refractivity contribution is 0.166. The van der Waals surface area contributed by atoms with Gasteiger partial charge in [0.1, 0.15) is 5.82 Å². The smallest absolute Gasteiger partial charge is 0.125 e. The van der Waals surface area contributed by atoms with E-state index in [2.05, 4.69) is 51.4 Å². The van der Waals surface area contributed by atoms with Crippen LogP contribution in [-0.4, -0.2) is 25.9 Å². The van der Waals surface area contributed by atoms with Crippen molar-refractivity contribution in [2.45, 2.75) is 44.8 Å². The molecule has 1 saturated heterocycles. The van der Waals surface area contributed by atoms with E-state index in [0.29, 0.717) is 12.1 Å². The molecule has 1 fully saturated rings. The van der Waals surface area contributed by atoms with Gasteiger partial charge in [0.2, 0.25) is 0 Å². The molecule has 0 spiro atoms. The normalized spacial score (nSPS) is 22.7. The Morgan fingerprint density at radius 3 is 3.00 bits per heavy atom. The first-order chi connectivity index (χ1) is 11.8. The number of aromatic nitrogens is 3. The van der Waals surface area contributed by atoms with Crippen LogP contribution in [0.1, 0.15) is 41.5 Å². The van der Waals surface area contributed by atoms with Crippen molar-refractivity contribution in [2.24, 2.45) is 0 Å². The summed E-state index contributed by atoms with van der Waals surface area (Å²) in [5.41, 5.74) is 5.06. The second kappa shape index (κ2) is 5.35. The minimum absolute atomic E-state index is 0.464. The summed E-state index contributed by atoms with van der Waals surface area (Å²) >= 11 is 0. The predicted molar refractivity (Wildman–Crippen MR) is 93.5 cm³/mol. The summed E-state index contributed by atoms with van der Waals surface area (Å²) in [6, 6.07) is 11.7. The fourth-order valence-corrected chi connectivity index (χ4v) is 4.41. The third-order valence-corrected chi connectivity index (χ3v) is 5.54. The fourth-order valence-electron chi connectivity index (χ4n) is 4.41. The van der Waals surface area contributed by atoms with Crippen molar-refractivity contribution in [2.75, 3.05) is 0 Å². The number of nitrogens with zero attached hydrogens (tertiary/aromatic N) is 4. The lowest BCUT2D eigenvalue weighted by Gasteiger charge is -2.35. The predicted octanol–water partition coefficient (Wildman–Crippen LogP) is 3.60. The van der Waals surface area contributed by atoms with Gasteiger partial charge in [0.15, 0.2) is 0 Å². The van der Waals surface area contributed by atoms with E-state index < -0.39 is 0 Å². The van der Waals surface area contributed by atoms with Crippen molar-refractivity contribution in [3.05, 3.63) is 65.4 Å². The third kappa shape index (κ3) is 2.13. The number of hydrogen-bond acceptors (Lipinski definition) is 4. The highest BCUT2D eigenvalue weighted by Crippen LogP contribution is 2.43. The molecule has 5 rings (SSSR count). The summed E-state index contributed by atoms with van der Waals surface area (Å²) in [6.45, 7) is 2.96. The molecule has 120 valence electrons. The van der Waals surface area contributed by atoms with E-state index in [-0.39, 0.29) is 0 Å². The lowest BCUT2D eigenvalue weighted by atomic mass is 9.98. The van der Waals surface area contributed by atoms with E-state index in [4.69, 9.17) is 4.98 Å². The van der Waals surface area contributed by atoms with Crippen LogP contribution >= 0.6 is 0 Å². The van der Waals surface area contributed by atoms with Crippen molar-refractivity contribution in [3.63, 3.8) is 0 Å². The molecule has 0 radical (unpaired) electrons. The molecular weight excluding hydrogens is 296 g/mol.